The van der Waals surface area contributed by atoms with Crippen LogP contribution in [0.4, 0.5) is 0 Å². The molecule has 226 valence electrons. The third-order valence-corrected chi connectivity index (χ3v) is 9.77. The highest BCUT2D eigenvalue weighted by molar-refractivity contribution is 6.20. The highest BCUT2D eigenvalue weighted by atomic mass is 16.3. The highest BCUT2D eigenvalue weighted by Crippen LogP contribution is 2.42. The third kappa shape index (κ3) is 3.79. The van der Waals surface area contributed by atoms with Crippen LogP contribution in [0.5, 0.6) is 0 Å². The summed E-state index contributed by atoms with van der Waals surface area (Å²) in [6, 6.07) is 54.9. The Morgan fingerprint density at radius 1 is 0.429 bits per heavy atom. The SMILES string of the molecule is N#Cc1cccc2c1oc1c(C#N)c3c(cc12)c1ccccc1n3-c1cccc(-c2cccc(-n3c4ccccc4c4ccccc43)c2)c1. The number of furan rings is 1. The van der Waals surface area contributed by atoms with Crippen molar-refractivity contribution < 1.29 is 4.42 Å². The molecule has 0 saturated carbocycles. The topological polar surface area (TPSA) is 70.6 Å². The predicted octanol–water partition coefficient (Wildman–Crippen LogP) is 11.2. The molecule has 0 fully saturated rings. The smallest absolute Gasteiger partial charge is 0.155 e. The Morgan fingerprint density at radius 2 is 0.959 bits per heavy atom. The van der Waals surface area contributed by atoms with Crippen molar-refractivity contribution in [1.29, 1.82) is 10.5 Å². The Hall–Kier alpha value is -7.08. The van der Waals surface area contributed by atoms with Crippen molar-refractivity contribution in [3.8, 4) is 34.6 Å². The molecule has 0 aliphatic rings. The maximum Gasteiger partial charge on any atom is 0.155 e. The van der Waals surface area contributed by atoms with Crippen LogP contribution in [0.2, 0.25) is 0 Å². The number of nitriles is 2. The van der Waals surface area contributed by atoms with Crippen LogP contribution in [0.25, 0.3) is 88.1 Å². The van der Waals surface area contributed by atoms with Gasteiger partial charge in [0.15, 0.2) is 11.2 Å². The average molecular weight is 625 g/mol. The van der Waals surface area contributed by atoms with E-state index in [0.717, 1.165) is 55.1 Å². The highest BCUT2D eigenvalue weighted by Gasteiger charge is 2.23. The van der Waals surface area contributed by atoms with Crippen LogP contribution in [0.1, 0.15) is 11.1 Å². The standard InChI is InChI=1S/C44H24N4O/c45-25-29-12-9-18-35-37-24-36-34-17-3-6-21-41(34)48(42(36)38(26-46)44(37)49-43(29)35)31-14-8-11-28(23-31)27-10-7-13-30(22-27)47-39-19-4-1-15-32(39)33-16-2-5-20-40(33)47/h1-24H. The number of fused-ring (bicyclic) bond motifs is 9. The summed E-state index contributed by atoms with van der Waals surface area (Å²) < 4.78 is 10.8. The maximum absolute atomic E-state index is 10.7. The van der Waals surface area contributed by atoms with Crippen LogP contribution in [-0.4, -0.2) is 9.13 Å². The van der Waals surface area contributed by atoms with Gasteiger partial charge in [-0.2, -0.15) is 10.5 Å². The summed E-state index contributed by atoms with van der Waals surface area (Å²) in [6.45, 7) is 0. The van der Waals surface area contributed by atoms with Crippen molar-refractivity contribution in [1.82, 2.24) is 9.13 Å². The van der Waals surface area contributed by atoms with Crippen molar-refractivity contribution in [3.05, 3.63) is 157 Å². The van der Waals surface area contributed by atoms with Gasteiger partial charge in [0, 0.05) is 43.7 Å². The molecule has 0 aliphatic carbocycles. The molecule has 0 bridgehead atoms. The Balaban J connectivity index is 1.21. The number of para-hydroxylation sites is 4. The fraction of sp³-hybridized carbons (Fsp3) is 0. The fourth-order valence-corrected chi connectivity index (χ4v) is 7.69. The van der Waals surface area contributed by atoms with Gasteiger partial charge in [-0.3, -0.25) is 0 Å². The van der Waals surface area contributed by atoms with Gasteiger partial charge in [-0.25, -0.2) is 0 Å². The Bertz CT molecular complexity index is 3030. The summed E-state index contributed by atoms with van der Waals surface area (Å²) in [6.07, 6.45) is 0. The van der Waals surface area contributed by atoms with E-state index in [1.807, 2.05) is 24.3 Å². The van der Waals surface area contributed by atoms with Crippen LogP contribution in [0.15, 0.2) is 150 Å². The minimum Gasteiger partial charge on any atom is -0.453 e. The van der Waals surface area contributed by atoms with Crippen molar-refractivity contribution in [2.24, 2.45) is 0 Å². The van der Waals surface area contributed by atoms with Gasteiger partial charge in [0.2, 0.25) is 0 Å². The number of hydrogen-bond donors (Lipinski definition) is 0. The van der Waals surface area contributed by atoms with Gasteiger partial charge in [-0.05, 0) is 65.7 Å². The van der Waals surface area contributed by atoms with Crippen molar-refractivity contribution in [3.63, 3.8) is 0 Å². The monoisotopic (exact) mass is 624 g/mol. The molecular weight excluding hydrogens is 601 g/mol. The fourth-order valence-electron chi connectivity index (χ4n) is 7.69. The van der Waals surface area contributed by atoms with Gasteiger partial charge in [0.25, 0.3) is 0 Å². The van der Waals surface area contributed by atoms with Crippen LogP contribution >= 0.6 is 0 Å². The summed E-state index contributed by atoms with van der Waals surface area (Å²) in [5.74, 6) is 0. The molecule has 10 rings (SSSR count). The predicted molar refractivity (Wildman–Crippen MR) is 197 cm³/mol. The van der Waals surface area contributed by atoms with E-state index in [0.29, 0.717) is 22.3 Å². The van der Waals surface area contributed by atoms with E-state index in [9.17, 15) is 10.5 Å². The molecular formula is C44H24N4O. The summed E-state index contributed by atoms with van der Waals surface area (Å²) in [5.41, 5.74) is 10.2. The molecule has 0 spiro atoms. The lowest BCUT2D eigenvalue weighted by Crippen LogP contribution is -1.97. The van der Waals surface area contributed by atoms with Gasteiger partial charge in [-0.1, -0.05) is 91.0 Å². The molecule has 5 nitrogen and oxygen atoms in total. The minimum atomic E-state index is 0.447. The lowest BCUT2D eigenvalue weighted by molar-refractivity contribution is 0.667. The lowest BCUT2D eigenvalue weighted by atomic mass is 10.0. The summed E-state index contributed by atoms with van der Waals surface area (Å²) in [5, 5.41) is 26.6. The first-order chi connectivity index (χ1) is 24.2. The summed E-state index contributed by atoms with van der Waals surface area (Å²) in [4.78, 5) is 0. The van der Waals surface area contributed by atoms with Crippen molar-refractivity contribution in [2.75, 3.05) is 0 Å². The molecule has 3 heterocycles. The van der Waals surface area contributed by atoms with E-state index in [1.165, 1.54) is 21.8 Å². The number of benzene rings is 7. The van der Waals surface area contributed by atoms with Crippen molar-refractivity contribution in [2.45, 2.75) is 0 Å². The Labute approximate surface area is 280 Å². The van der Waals surface area contributed by atoms with Gasteiger partial charge in [-0.15, -0.1) is 0 Å². The van der Waals surface area contributed by atoms with E-state index in [4.69, 9.17) is 4.42 Å². The van der Waals surface area contributed by atoms with E-state index in [2.05, 4.69) is 137 Å². The second-order valence-corrected chi connectivity index (χ2v) is 12.4. The number of hydrogen-bond acceptors (Lipinski definition) is 3. The Morgan fingerprint density at radius 3 is 1.57 bits per heavy atom. The average Bonchev–Trinajstić information content (AvgIpc) is 3.82. The molecule has 0 amide bonds. The number of aromatic nitrogens is 2. The molecule has 5 heteroatoms. The molecule has 0 saturated heterocycles. The third-order valence-electron chi connectivity index (χ3n) is 9.77. The van der Waals surface area contributed by atoms with E-state index < -0.39 is 0 Å². The molecule has 0 unspecified atom stereocenters. The van der Waals surface area contributed by atoms with Gasteiger partial charge < -0.3 is 13.6 Å². The molecule has 3 aromatic heterocycles. The second-order valence-electron chi connectivity index (χ2n) is 12.4. The van der Waals surface area contributed by atoms with Gasteiger partial charge in [0.05, 0.1) is 27.6 Å². The van der Waals surface area contributed by atoms with Crippen molar-refractivity contribution >= 4 is 65.6 Å². The molecule has 0 N–H and O–H groups in total. The zero-order chi connectivity index (χ0) is 32.6. The second kappa shape index (κ2) is 10.2. The molecule has 0 radical (unpaired) electrons. The van der Waals surface area contributed by atoms with E-state index in [1.54, 1.807) is 6.07 Å². The number of rotatable bonds is 3. The van der Waals surface area contributed by atoms with Gasteiger partial charge in [0.1, 0.15) is 17.7 Å². The molecule has 10 aromatic rings. The molecule has 0 aliphatic heterocycles. The van der Waals surface area contributed by atoms with E-state index >= 15 is 0 Å². The zero-order valence-corrected chi connectivity index (χ0v) is 26.1. The molecule has 7 aromatic carbocycles. The Kier molecular flexibility index (Phi) is 5.64. The van der Waals surface area contributed by atoms with Crippen LogP contribution in [0.3, 0.4) is 0 Å². The first-order valence-corrected chi connectivity index (χ1v) is 16.1. The maximum atomic E-state index is 10.7. The normalized spacial score (nSPS) is 11.6. The first-order valence-electron chi connectivity index (χ1n) is 16.1. The molecule has 49 heavy (non-hydrogen) atoms. The van der Waals surface area contributed by atoms with Crippen LogP contribution in [0, 0.1) is 22.7 Å². The van der Waals surface area contributed by atoms with Gasteiger partial charge >= 0.3 is 0 Å². The quantitative estimate of drug-likeness (QED) is 0.196. The largest absolute Gasteiger partial charge is 0.453 e. The van der Waals surface area contributed by atoms with Crippen LogP contribution in [-0.2, 0) is 0 Å². The minimum absolute atomic E-state index is 0.447. The first kappa shape index (κ1) is 27.1. The summed E-state index contributed by atoms with van der Waals surface area (Å²) >= 11 is 0. The zero-order valence-electron chi connectivity index (χ0n) is 26.1. The molecule has 0 atom stereocenters. The summed E-state index contributed by atoms with van der Waals surface area (Å²) in [7, 11) is 0. The van der Waals surface area contributed by atoms with Crippen LogP contribution < -0.4 is 0 Å². The van der Waals surface area contributed by atoms with E-state index in [-0.39, 0.29) is 0 Å². The number of nitrogens with zero attached hydrogens (tertiary/aromatic N) is 4. The lowest BCUT2D eigenvalue weighted by Gasteiger charge is -2.13.